The van der Waals surface area contributed by atoms with E-state index in [1.807, 2.05) is 24.8 Å². The monoisotopic (exact) mass is 974 g/mol. The Labute approximate surface area is 406 Å². The number of nitrogen functional groups attached to an aromatic ring is 2. The van der Waals surface area contributed by atoms with Crippen LogP contribution in [-0.2, 0) is 47.4 Å². The van der Waals surface area contributed by atoms with Crippen LogP contribution in [0.25, 0.3) is 0 Å². The number of carboxylic acids is 2. The van der Waals surface area contributed by atoms with Crippen molar-refractivity contribution in [2.45, 2.75) is 32.0 Å². The highest BCUT2D eigenvalue weighted by atomic mass is 16.6. The van der Waals surface area contributed by atoms with Gasteiger partial charge in [0.1, 0.15) is 60.1 Å². The largest absolute Gasteiger partial charge is 0.498 e. The normalized spacial score (nSPS) is 19.2. The molecule has 6 rings (SSSR count). The summed E-state index contributed by atoms with van der Waals surface area (Å²) in [6.07, 6.45) is 10.7. The summed E-state index contributed by atoms with van der Waals surface area (Å²) in [4.78, 5) is 54.3. The number of ether oxygens (including phenoxy) is 10. The molecule has 0 radical (unpaired) electrons. The van der Waals surface area contributed by atoms with Crippen LogP contribution < -0.4 is 11.5 Å². The molecule has 0 aliphatic carbocycles. The molecule has 6 N–H and O–H groups in total. The first kappa shape index (κ1) is 52.7. The highest BCUT2D eigenvalue weighted by Crippen LogP contribution is 2.42. The van der Waals surface area contributed by atoms with Gasteiger partial charge in [-0.1, -0.05) is 6.92 Å². The van der Waals surface area contributed by atoms with E-state index in [1.165, 1.54) is 36.4 Å². The maximum absolute atomic E-state index is 13.7. The van der Waals surface area contributed by atoms with Crippen molar-refractivity contribution in [1.82, 2.24) is 9.80 Å². The molecule has 4 heterocycles. The van der Waals surface area contributed by atoms with Crippen molar-refractivity contribution in [1.29, 1.82) is 0 Å². The van der Waals surface area contributed by atoms with Crippen molar-refractivity contribution in [3.8, 4) is 0 Å². The van der Waals surface area contributed by atoms with E-state index in [0.29, 0.717) is 114 Å². The van der Waals surface area contributed by atoms with Crippen LogP contribution in [-0.4, -0.2) is 168 Å². The maximum Gasteiger partial charge on any atom is 0.337 e. The number of carbonyl (C=O) groups excluding carboxylic acids is 2. The van der Waals surface area contributed by atoms with Gasteiger partial charge in [0.2, 0.25) is 0 Å². The van der Waals surface area contributed by atoms with Crippen molar-refractivity contribution in [2.24, 2.45) is 5.92 Å². The summed E-state index contributed by atoms with van der Waals surface area (Å²) in [5.74, 6) is -1.06. The Morgan fingerprint density at radius 3 is 1.54 bits per heavy atom. The molecule has 4 atom stereocenters. The van der Waals surface area contributed by atoms with Crippen molar-refractivity contribution in [3.05, 3.63) is 130 Å². The number of carboxylic acid groups (broad SMARTS) is 2. The third-order valence-corrected chi connectivity index (χ3v) is 11.8. The van der Waals surface area contributed by atoms with Crippen LogP contribution in [0.15, 0.2) is 107 Å². The fourth-order valence-corrected chi connectivity index (χ4v) is 8.45. The summed E-state index contributed by atoms with van der Waals surface area (Å²) in [6, 6.07) is 6.63. The molecule has 4 unspecified atom stereocenters. The van der Waals surface area contributed by atoms with E-state index in [1.54, 1.807) is 49.7 Å². The number of Topliss-reactive ketones (excluding diaryl/α,β-unsaturated/α-hetero) is 2. The standard InChI is InChI=1S/C50H62N4O16/c1-31-41(45(55)33-9-11-37(51)35(29-33)49(57)58)53-13-5-7-39(43(53)47(31)61-3)69-27-25-67-23-21-65-19-17-63-15-16-64-18-20-66-22-24-68-26-28-70-40-8-6-14-54-42(32(2)48(62-4)44(40)54)46(56)34-10-12-38(52)36(30-34)50(59)60/h5-14,29-31,41-42,44H,15-28,51-52H2,1-4H3,(H,57,58)(H,59,60). The summed E-state index contributed by atoms with van der Waals surface area (Å²) >= 11 is 0. The summed E-state index contributed by atoms with van der Waals surface area (Å²) in [7, 11) is 3.08. The Morgan fingerprint density at radius 2 is 1.06 bits per heavy atom. The first-order chi connectivity index (χ1) is 33.9. The van der Waals surface area contributed by atoms with Crippen LogP contribution in [0.4, 0.5) is 11.4 Å². The van der Waals surface area contributed by atoms with Crippen LogP contribution in [0.1, 0.15) is 55.3 Å². The number of allylic oxidation sites excluding steroid dienone is 4. The van der Waals surface area contributed by atoms with Gasteiger partial charge in [-0.25, -0.2) is 9.59 Å². The predicted octanol–water partition coefficient (Wildman–Crippen LogP) is 4.42. The second-order valence-corrected chi connectivity index (χ2v) is 16.2. The van der Waals surface area contributed by atoms with Crippen LogP contribution in [0, 0.1) is 5.92 Å². The summed E-state index contributed by atoms with van der Waals surface area (Å²) in [5.41, 5.74) is 13.3. The molecular weight excluding hydrogens is 913 g/mol. The molecule has 0 spiro atoms. The highest BCUT2D eigenvalue weighted by molar-refractivity contribution is 6.06. The topological polar surface area (TPSA) is 260 Å². The minimum atomic E-state index is -1.21. The number of rotatable bonds is 31. The number of carbonyl (C=O) groups is 4. The minimum absolute atomic E-state index is 0.0782. The Morgan fingerprint density at radius 1 is 0.600 bits per heavy atom. The van der Waals surface area contributed by atoms with Crippen molar-refractivity contribution in [3.63, 3.8) is 0 Å². The van der Waals surface area contributed by atoms with E-state index in [-0.39, 0.29) is 64.3 Å². The van der Waals surface area contributed by atoms with Gasteiger partial charge in [-0.05, 0) is 73.2 Å². The van der Waals surface area contributed by atoms with Crippen LogP contribution in [0.2, 0.25) is 0 Å². The van der Waals surface area contributed by atoms with Gasteiger partial charge in [-0.15, -0.1) is 0 Å². The predicted molar refractivity (Wildman–Crippen MR) is 254 cm³/mol. The van der Waals surface area contributed by atoms with Crippen LogP contribution in [0.5, 0.6) is 0 Å². The number of hydrogen-bond acceptors (Lipinski definition) is 18. The average Bonchev–Trinajstić information content (AvgIpc) is 3.81. The summed E-state index contributed by atoms with van der Waals surface area (Å²) in [6.45, 7) is 8.68. The number of ketones is 2. The lowest BCUT2D eigenvalue weighted by Crippen LogP contribution is -2.42. The van der Waals surface area contributed by atoms with Crippen LogP contribution >= 0.6 is 0 Å². The first-order valence-corrected chi connectivity index (χ1v) is 22.8. The maximum atomic E-state index is 13.7. The molecule has 0 saturated heterocycles. The molecule has 0 bridgehead atoms. The SMILES string of the molecule is COC1=C2C(OCCOCCOCCOCCOCCOCCOCCOC3=CC=CN4C(C(=O)c5ccc(N)c(C(=O)O)c5)C(C)=C(OC)C34)=CC=CN2C(C(=O)c2ccc(N)c(C(=O)O)c2)C1C. The molecule has 20 nitrogen and oxygen atoms in total. The number of fused-ring (bicyclic) bond motifs is 2. The van der Waals surface area contributed by atoms with E-state index in [4.69, 9.17) is 58.8 Å². The fraction of sp³-hybridized carbons (Fsp3) is 0.440. The number of aromatic carboxylic acids is 2. The minimum Gasteiger partial charge on any atom is -0.498 e. The van der Waals surface area contributed by atoms with E-state index in [9.17, 15) is 29.4 Å². The van der Waals surface area contributed by atoms with Crippen LogP contribution in [0.3, 0.4) is 0 Å². The third kappa shape index (κ3) is 12.7. The third-order valence-electron chi connectivity index (χ3n) is 11.8. The molecule has 70 heavy (non-hydrogen) atoms. The van der Waals surface area contributed by atoms with Gasteiger partial charge in [0.15, 0.2) is 11.6 Å². The van der Waals surface area contributed by atoms with Gasteiger partial charge in [-0.2, -0.15) is 0 Å². The number of nitrogens with zero attached hydrogens (tertiary/aromatic N) is 2. The van der Waals surface area contributed by atoms with Crippen molar-refractivity contribution < 1.29 is 76.8 Å². The van der Waals surface area contributed by atoms with E-state index in [0.717, 1.165) is 0 Å². The van der Waals surface area contributed by atoms with Crippen molar-refractivity contribution >= 4 is 34.9 Å². The lowest BCUT2D eigenvalue weighted by molar-refractivity contribution is -0.0209. The number of anilines is 2. The summed E-state index contributed by atoms with van der Waals surface area (Å²) in [5, 5.41) is 19.0. The quantitative estimate of drug-likeness (QED) is 0.0463. The molecule has 0 amide bonds. The molecule has 20 heteroatoms. The first-order valence-electron chi connectivity index (χ1n) is 22.8. The number of nitrogens with two attached hydrogens (primary N) is 2. The van der Waals surface area contributed by atoms with Gasteiger partial charge in [0.05, 0.1) is 105 Å². The van der Waals surface area contributed by atoms with Gasteiger partial charge >= 0.3 is 11.9 Å². The molecule has 0 saturated carbocycles. The molecule has 2 aromatic carbocycles. The Kier molecular flexibility index (Phi) is 19.4. The number of hydrogen-bond donors (Lipinski definition) is 4. The van der Waals surface area contributed by atoms with E-state index >= 15 is 0 Å². The molecule has 378 valence electrons. The smallest absolute Gasteiger partial charge is 0.337 e. The zero-order valence-corrected chi connectivity index (χ0v) is 39.8. The van der Waals surface area contributed by atoms with Gasteiger partial charge < -0.3 is 78.8 Å². The Bertz CT molecular complexity index is 2390. The zero-order chi connectivity index (χ0) is 50.2. The zero-order valence-electron chi connectivity index (χ0n) is 39.8. The lowest BCUT2D eigenvalue weighted by Gasteiger charge is -2.33. The number of methoxy groups -OCH3 is 2. The highest BCUT2D eigenvalue weighted by Gasteiger charge is 2.47. The summed E-state index contributed by atoms with van der Waals surface area (Å²) < 4.78 is 57.3. The average molecular weight is 975 g/mol. The van der Waals surface area contributed by atoms with E-state index < -0.39 is 30.1 Å². The fourth-order valence-electron chi connectivity index (χ4n) is 8.45. The second kappa shape index (κ2) is 25.8. The molecule has 4 aliphatic rings. The Hall–Kier alpha value is -6.68. The molecule has 2 aromatic rings. The molecule has 0 aromatic heterocycles. The second-order valence-electron chi connectivity index (χ2n) is 16.2. The molecule has 4 aliphatic heterocycles. The van der Waals surface area contributed by atoms with Gasteiger partial charge in [0.25, 0.3) is 0 Å². The molecular formula is C50H62N4O16. The molecule has 0 fully saturated rings. The number of benzene rings is 2. The van der Waals surface area contributed by atoms with Gasteiger partial charge in [0, 0.05) is 40.8 Å². The van der Waals surface area contributed by atoms with E-state index in [2.05, 4.69) is 0 Å². The van der Waals surface area contributed by atoms with Gasteiger partial charge in [-0.3, -0.25) is 9.59 Å². The van der Waals surface area contributed by atoms with Crippen molar-refractivity contribution in [2.75, 3.05) is 118 Å². The lowest BCUT2D eigenvalue weighted by atomic mass is 9.93. The Balaban J connectivity index is 0.748.